The molecular weight excluding hydrogens is 55.0 g/mol. The van der Waals surface area contributed by atoms with Gasteiger partial charge in [0.05, 0.1) is 0 Å². The first kappa shape index (κ1) is 5.34. The van der Waals surface area contributed by atoms with Gasteiger partial charge in [0.15, 0.2) is 0 Å². The van der Waals surface area contributed by atoms with Gasteiger partial charge in [-0.25, -0.2) is 0 Å². The van der Waals surface area contributed by atoms with E-state index in [0.717, 1.165) is 6.42 Å². The van der Waals surface area contributed by atoms with Crippen molar-refractivity contribution < 1.29 is 0 Å². The molecule has 0 spiro atoms. The van der Waals surface area contributed by atoms with Gasteiger partial charge < -0.3 is 0 Å². The SMILES string of the molecule is [Li]/[CH]=C/CC. The summed E-state index contributed by atoms with van der Waals surface area (Å²) in [5.74, 6) is 0. The minimum atomic E-state index is 1.16. The molecule has 0 rings (SSSR count). The van der Waals surface area contributed by atoms with Crippen molar-refractivity contribution in [1.82, 2.24) is 0 Å². The van der Waals surface area contributed by atoms with E-state index in [1.165, 1.54) is 0 Å². The zero-order chi connectivity index (χ0) is 4.12. The van der Waals surface area contributed by atoms with Crippen molar-refractivity contribution >= 4 is 17.7 Å². The number of rotatable bonds is 1. The average molecular weight is 62.0 g/mol. The van der Waals surface area contributed by atoms with Gasteiger partial charge in [0.25, 0.3) is 0 Å². The van der Waals surface area contributed by atoms with Crippen LogP contribution in [0.5, 0.6) is 0 Å². The molecular formula is C4H7Li. The predicted octanol–water partition coefficient (Wildman–Crippen LogP) is 1.08. The Morgan fingerprint density at radius 2 is 2.40 bits per heavy atom. The average Bonchev–Trinajstić information content (AvgIpc) is 1.41. The summed E-state index contributed by atoms with van der Waals surface area (Å²) in [5, 5.41) is 0. The van der Waals surface area contributed by atoms with Gasteiger partial charge in [-0.05, 0) is 0 Å². The molecule has 0 aliphatic heterocycles. The summed E-state index contributed by atoms with van der Waals surface area (Å²) in [6.07, 6.45) is 3.29. The summed E-state index contributed by atoms with van der Waals surface area (Å²) in [4.78, 5) is 0. The van der Waals surface area contributed by atoms with Gasteiger partial charge >= 0.3 is 41.9 Å². The normalized spacial score (nSPS) is 10.2. The van der Waals surface area contributed by atoms with Crippen molar-refractivity contribution in [3.05, 3.63) is 10.8 Å². The molecule has 0 saturated carbocycles. The maximum absolute atomic E-state index is 2.12. The number of allylic oxidation sites excluding steroid dienone is 1. The van der Waals surface area contributed by atoms with E-state index in [-0.39, 0.29) is 0 Å². The quantitative estimate of drug-likeness (QED) is 0.399. The topological polar surface area (TPSA) is 0 Å². The van der Waals surface area contributed by atoms with Gasteiger partial charge in [0.1, 0.15) is 0 Å². The molecule has 0 radical (unpaired) electrons. The first-order valence-corrected chi connectivity index (χ1v) is 2.03. The van der Waals surface area contributed by atoms with E-state index in [9.17, 15) is 0 Å². The zero-order valence-corrected chi connectivity index (χ0v) is 3.86. The molecule has 0 N–H and O–H groups in total. The molecule has 0 unspecified atom stereocenters. The summed E-state index contributed by atoms with van der Waals surface area (Å²) in [6.45, 7) is 2.12. The van der Waals surface area contributed by atoms with E-state index in [4.69, 9.17) is 0 Å². The second-order valence-corrected chi connectivity index (χ2v) is 0.977. The fourth-order valence-corrected chi connectivity index (χ4v) is 0.236. The standard InChI is InChI=1S/C4H7.Li/c1-3-4-2;/h1,3H,4H2,2H3;. The molecule has 0 aromatic rings. The van der Waals surface area contributed by atoms with Crippen molar-refractivity contribution in [2.45, 2.75) is 13.3 Å². The van der Waals surface area contributed by atoms with Crippen LogP contribution in [-0.4, -0.2) is 17.7 Å². The Bertz CT molecular complexity index is 30.6. The Kier molecular flexibility index (Phi) is 4.63. The first-order valence-electron chi connectivity index (χ1n) is 2.03. The third-order valence-electron chi connectivity index (χ3n) is 0.471. The third kappa shape index (κ3) is 4.34. The van der Waals surface area contributed by atoms with E-state index in [1.807, 2.05) is 17.7 Å². The molecule has 0 aliphatic rings. The Balaban J connectivity index is 2.62. The molecule has 0 aliphatic carbocycles. The molecule has 1 heteroatoms. The zero-order valence-electron chi connectivity index (χ0n) is 3.86. The summed E-state index contributed by atoms with van der Waals surface area (Å²) in [5.41, 5.74) is 0. The van der Waals surface area contributed by atoms with E-state index in [2.05, 4.69) is 17.7 Å². The molecule has 5 heavy (non-hydrogen) atoms. The molecule has 0 bridgehead atoms. The van der Waals surface area contributed by atoms with Crippen LogP contribution in [0.25, 0.3) is 0 Å². The number of hydrogen-bond acceptors (Lipinski definition) is 0. The molecule has 0 atom stereocenters. The molecule has 0 amide bonds. The van der Waals surface area contributed by atoms with Crippen molar-refractivity contribution in [2.75, 3.05) is 0 Å². The summed E-state index contributed by atoms with van der Waals surface area (Å²) < 4.78 is 2.06. The van der Waals surface area contributed by atoms with Crippen LogP contribution in [0.15, 0.2) is 10.8 Å². The van der Waals surface area contributed by atoms with Crippen molar-refractivity contribution in [1.29, 1.82) is 0 Å². The third-order valence-corrected chi connectivity index (χ3v) is 0.471. The Labute approximate surface area is 42.5 Å². The van der Waals surface area contributed by atoms with Crippen LogP contribution >= 0.6 is 0 Å². The van der Waals surface area contributed by atoms with Crippen LogP contribution < -0.4 is 0 Å². The first-order chi connectivity index (χ1) is 2.41. The Morgan fingerprint density at radius 1 is 1.80 bits per heavy atom. The fourth-order valence-electron chi connectivity index (χ4n) is 0.236. The van der Waals surface area contributed by atoms with Gasteiger partial charge in [-0.1, -0.05) is 0 Å². The second-order valence-electron chi connectivity index (χ2n) is 0.977. The Hall–Kier alpha value is 0.337. The molecule has 0 aromatic heterocycles. The second kappa shape index (κ2) is 4.34. The van der Waals surface area contributed by atoms with Crippen molar-refractivity contribution in [3.8, 4) is 0 Å². The molecule has 0 fully saturated rings. The Morgan fingerprint density at radius 3 is 2.40 bits per heavy atom. The van der Waals surface area contributed by atoms with E-state index in [0.29, 0.717) is 0 Å². The number of hydrogen-bond donors (Lipinski definition) is 0. The van der Waals surface area contributed by atoms with Crippen molar-refractivity contribution in [3.63, 3.8) is 0 Å². The van der Waals surface area contributed by atoms with Gasteiger partial charge in [-0.3, -0.25) is 0 Å². The van der Waals surface area contributed by atoms with E-state index >= 15 is 0 Å². The maximum atomic E-state index is 2.12. The predicted molar refractivity (Wildman–Crippen MR) is 25.2 cm³/mol. The van der Waals surface area contributed by atoms with Crippen molar-refractivity contribution in [2.24, 2.45) is 0 Å². The summed E-state index contributed by atoms with van der Waals surface area (Å²) in [6, 6.07) is 0. The van der Waals surface area contributed by atoms with Gasteiger partial charge in [0.2, 0.25) is 0 Å². The van der Waals surface area contributed by atoms with Crippen LogP contribution in [0.1, 0.15) is 13.3 Å². The minimum absolute atomic E-state index is 1.16. The van der Waals surface area contributed by atoms with Crippen LogP contribution in [0.2, 0.25) is 0 Å². The van der Waals surface area contributed by atoms with E-state index in [1.54, 1.807) is 0 Å². The van der Waals surface area contributed by atoms with Gasteiger partial charge in [0, 0.05) is 0 Å². The van der Waals surface area contributed by atoms with Gasteiger partial charge in [-0.15, -0.1) is 0 Å². The fraction of sp³-hybridized carbons (Fsp3) is 0.500. The van der Waals surface area contributed by atoms with Crippen LogP contribution in [0, 0.1) is 0 Å². The summed E-state index contributed by atoms with van der Waals surface area (Å²) >= 11 is 2.03. The monoisotopic (exact) mass is 62.1 g/mol. The van der Waals surface area contributed by atoms with Crippen LogP contribution in [0.4, 0.5) is 0 Å². The molecule has 24 valence electrons. The van der Waals surface area contributed by atoms with E-state index < -0.39 is 0 Å². The molecule has 0 saturated heterocycles. The van der Waals surface area contributed by atoms with Gasteiger partial charge in [-0.2, -0.15) is 0 Å². The van der Waals surface area contributed by atoms with Crippen LogP contribution in [0.3, 0.4) is 0 Å². The molecule has 0 nitrogen and oxygen atoms in total. The molecule has 0 heterocycles. The molecule has 0 aromatic carbocycles. The van der Waals surface area contributed by atoms with Crippen LogP contribution in [-0.2, 0) is 0 Å². The summed E-state index contributed by atoms with van der Waals surface area (Å²) in [7, 11) is 0.